The number of carbonyl (C=O) groups excluding carboxylic acids is 1. The summed E-state index contributed by atoms with van der Waals surface area (Å²) in [5.41, 5.74) is 1.04. The quantitative estimate of drug-likeness (QED) is 0.908. The van der Waals surface area contributed by atoms with E-state index >= 15 is 0 Å². The van der Waals surface area contributed by atoms with Crippen LogP contribution in [-0.4, -0.2) is 53.4 Å². The van der Waals surface area contributed by atoms with Crippen molar-refractivity contribution >= 4 is 23.4 Å². The van der Waals surface area contributed by atoms with Gasteiger partial charge in [0.1, 0.15) is 0 Å². The molecule has 0 saturated carbocycles. The second kappa shape index (κ2) is 7.02. The maximum atomic E-state index is 12.8. The molecule has 1 fully saturated rings. The fourth-order valence-electron chi connectivity index (χ4n) is 3.20. The summed E-state index contributed by atoms with van der Waals surface area (Å²) in [4.78, 5) is 18.0. The van der Waals surface area contributed by atoms with Crippen LogP contribution >= 0.6 is 11.8 Å². The van der Waals surface area contributed by atoms with E-state index in [1.54, 1.807) is 0 Å². The summed E-state index contributed by atoms with van der Waals surface area (Å²) in [6.45, 7) is 4.93. The Bertz CT molecular complexity index is 537. The number of para-hydroxylation sites is 1. The van der Waals surface area contributed by atoms with Gasteiger partial charge >= 0.3 is 0 Å². The van der Waals surface area contributed by atoms with Gasteiger partial charge in [0.2, 0.25) is 5.91 Å². The second-order valence-electron chi connectivity index (χ2n) is 6.26. The number of fused-ring (bicyclic) bond motifs is 1. The zero-order chi connectivity index (χ0) is 15.5. The lowest BCUT2D eigenvalue weighted by Crippen LogP contribution is -2.46. The Kier molecular flexibility index (Phi) is 5.06. The molecule has 120 valence electrons. The van der Waals surface area contributed by atoms with Crippen molar-refractivity contribution in [2.75, 3.05) is 31.1 Å². The molecule has 1 aromatic carbocycles. The van der Waals surface area contributed by atoms with E-state index in [0.29, 0.717) is 18.3 Å². The van der Waals surface area contributed by atoms with Crippen LogP contribution < -0.4 is 4.90 Å². The highest BCUT2D eigenvalue weighted by Gasteiger charge is 2.26. The molecule has 2 heterocycles. The van der Waals surface area contributed by atoms with Gasteiger partial charge in [-0.25, -0.2) is 0 Å². The van der Waals surface area contributed by atoms with Crippen LogP contribution in [0, 0.1) is 0 Å². The van der Waals surface area contributed by atoms with Crippen molar-refractivity contribution in [3.63, 3.8) is 0 Å². The van der Waals surface area contributed by atoms with Crippen LogP contribution in [0.15, 0.2) is 29.2 Å². The van der Waals surface area contributed by atoms with Gasteiger partial charge in [0.25, 0.3) is 0 Å². The Morgan fingerprint density at radius 3 is 2.95 bits per heavy atom. The van der Waals surface area contributed by atoms with Crippen LogP contribution in [0.4, 0.5) is 5.69 Å². The number of likely N-dealkylation sites (tertiary alicyclic amines) is 1. The second-order valence-corrected chi connectivity index (χ2v) is 7.74. The third-order valence-electron chi connectivity index (χ3n) is 4.38. The first-order valence-electron chi connectivity index (χ1n) is 8.10. The Labute approximate surface area is 136 Å². The maximum Gasteiger partial charge on any atom is 0.241 e. The molecule has 22 heavy (non-hydrogen) atoms. The molecule has 0 bridgehead atoms. The molecule has 1 amide bonds. The van der Waals surface area contributed by atoms with Gasteiger partial charge in [-0.3, -0.25) is 9.69 Å². The van der Waals surface area contributed by atoms with E-state index in [2.05, 4.69) is 17.9 Å². The van der Waals surface area contributed by atoms with Gasteiger partial charge < -0.3 is 10.0 Å². The molecule has 1 aromatic rings. The fourth-order valence-corrected chi connectivity index (χ4v) is 4.31. The first-order valence-corrected chi connectivity index (χ1v) is 8.98. The third kappa shape index (κ3) is 3.65. The number of anilines is 1. The number of nitrogens with zero attached hydrogens (tertiary/aromatic N) is 2. The molecule has 3 rings (SSSR count). The van der Waals surface area contributed by atoms with E-state index in [-0.39, 0.29) is 12.0 Å². The SMILES string of the molecule is C[C@@H]1CCN(C(=O)CN2CCC[C@H](O)C2)c2ccccc2S1. The van der Waals surface area contributed by atoms with Crippen LogP contribution in [0.25, 0.3) is 0 Å². The number of carbonyl (C=O) groups is 1. The molecular formula is C17H24N2O2S. The molecule has 0 aromatic heterocycles. The molecule has 1 saturated heterocycles. The Balaban J connectivity index is 1.74. The van der Waals surface area contributed by atoms with Gasteiger partial charge in [-0.05, 0) is 37.9 Å². The summed E-state index contributed by atoms with van der Waals surface area (Å²) < 4.78 is 0. The normalized spacial score (nSPS) is 26.4. The van der Waals surface area contributed by atoms with Crippen LogP contribution in [0.1, 0.15) is 26.2 Å². The number of aliphatic hydroxyl groups excluding tert-OH is 1. The highest BCUT2D eigenvalue weighted by molar-refractivity contribution is 8.00. The molecule has 4 nitrogen and oxygen atoms in total. The summed E-state index contributed by atoms with van der Waals surface area (Å²) >= 11 is 1.85. The van der Waals surface area contributed by atoms with Crippen LogP contribution in [0.5, 0.6) is 0 Å². The minimum atomic E-state index is -0.284. The van der Waals surface area contributed by atoms with E-state index in [9.17, 15) is 9.90 Å². The maximum absolute atomic E-state index is 12.8. The smallest absolute Gasteiger partial charge is 0.241 e. The summed E-state index contributed by atoms with van der Waals surface area (Å²) in [5.74, 6) is 0.149. The molecular weight excluding hydrogens is 296 g/mol. The van der Waals surface area contributed by atoms with E-state index in [1.807, 2.05) is 34.9 Å². The number of amides is 1. The third-order valence-corrected chi connectivity index (χ3v) is 5.62. The first kappa shape index (κ1) is 15.8. The monoisotopic (exact) mass is 320 g/mol. The number of aliphatic hydroxyl groups is 1. The Hall–Kier alpha value is -1.04. The largest absolute Gasteiger partial charge is 0.392 e. The van der Waals surface area contributed by atoms with Gasteiger partial charge in [0, 0.05) is 23.2 Å². The van der Waals surface area contributed by atoms with Crippen molar-refractivity contribution in [1.82, 2.24) is 4.90 Å². The molecule has 0 spiro atoms. The molecule has 2 aliphatic rings. The number of β-amino-alcohol motifs (C(OH)–C–C–N with tert-alkyl or cyclic N) is 1. The van der Waals surface area contributed by atoms with Crippen LogP contribution in [0.3, 0.4) is 0 Å². The molecule has 0 aliphatic carbocycles. The molecule has 0 unspecified atom stereocenters. The Morgan fingerprint density at radius 2 is 2.14 bits per heavy atom. The van der Waals surface area contributed by atoms with Gasteiger partial charge in [-0.15, -0.1) is 11.8 Å². The molecule has 2 atom stereocenters. The summed E-state index contributed by atoms with van der Waals surface area (Å²) in [7, 11) is 0. The van der Waals surface area contributed by atoms with E-state index in [0.717, 1.165) is 38.0 Å². The van der Waals surface area contributed by atoms with E-state index in [4.69, 9.17) is 0 Å². The highest BCUT2D eigenvalue weighted by atomic mass is 32.2. The van der Waals surface area contributed by atoms with Gasteiger partial charge in [-0.2, -0.15) is 0 Å². The van der Waals surface area contributed by atoms with Crippen molar-refractivity contribution < 1.29 is 9.90 Å². The van der Waals surface area contributed by atoms with Gasteiger partial charge in [-0.1, -0.05) is 19.1 Å². The number of hydrogen-bond acceptors (Lipinski definition) is 4. The topological polar surface area (TPSA) is 43.8 Å². The predicted octanol–water partition coefficient (Wildman–Crippen LogP) is 2.36. The molecule has 1 N–H and O–H groups in total. The first-order chi connectivity index (χ1) is 10.6. The molecule has 0 radical (unpaired) electrons. The average Bonchev–Trinajstić information content (AvgIpc) is 2.65. The average molecular weight is 320 g/mol. The number of piperidine rings is 1. The molecule has 5 heteroatoms. The van der Waals surface area contributed by atoms with Crippen LogP contribution in [-0.2, 0) is 4.79 Å². The lowest BCUT2D eigenvalue weighted by molar-refractivity contribution is -0.120. The van der Waals surface area contributed by atoms with E-state index < -0.39 is 0 Å². The Morgan fingerprint density at radius 1 is 1.32 bits per heavy atom. The number of hydrogen-bond donors (Lipinski definition) is 1. The van der Waals surface area contributed by atoms with Gasteiger partial charge in [0.15, 0.2) is 0 Å². The summed E-state index contributed by atoms with van der Waals surface area (Å²) in [6, 6.07) is 8.18. The van der Waals surface area contributed by atoms with Crippen molar-refractivity contribution in [2.24, 2.45) is 0 Å². The predicted molar refractivity (Wildman–Crippen MR) is 90.4 cm³/mol. The minimum absolute atomic E-state index is 0.149. The number of benzene rings is 1. The van der Waals surface area contributed by atoms with E-state index in [1.165, 1.54) is 4.90 Å². The summed E-state index contributed by atoms with van der Waals surface area (Å²) in [5, 5.41) is 10.3. The van der Waals surface area contributed by atoms with Crippen molar-refractivity contribution in [2.45, 2.75) is 42.4 Å². The number of rotatable bonds is 2. The standard InChI is InChI=1S/C17H24N2O2S/c1-13-8-10-19(15-6-2-3-7-16(15)22-13)17(21)12-18-9-4-5-14(20)11-18/h2-3,6-7,13-14,20H,4-5,8-12H2,1H3/t13-,14+/m1/s1. The van der Waals surface area contributed by atoms with Crippen molar-refractivity contribution in [1.29, 1.82) is 0 Å². The highest BCUT2D eigenvalue weighted by Crippen LogP contribution is 2.37. The molecule has 2 aliphatic heterocycles. The lowest BCUT2D eigenvalue weighted by atomic mass is 10.1. The fraction of sp³-hybridized carbons (Fsp3) is 0.588. The van der Waals surface area contributed by atoms with Crippen molar-refractivity contribution in [3.05, 3.63) is 24.3 Å². The zero-order valence-electron chi connectivity index (χ0n) is 13.1. The van der Waals surface area contributed by atoms with Crippen molar-refractivity contribution in [3.8, 4) is 0 Å². The van der Waals surface area contributed by atoms with Gasteiger partial charge in [0.05, 0.1) is 18.3 Å². The van der Waals surface area contributed by atoms with Crippen LogP contribution in [0.2, 0.25) is 0 Å². The minimum Gasteiger partial charge on any atom is -0.392 e. The summed E-state index contributed by atoms with van der Waals surface area (Å²) in [6.07, 6.45) is 2.55. The lowest BCUT2D eigenvalue weighted by Gasteiger charge is -2.31. The zero-order valence-corrected chi connectivity index (χ0v) is 13.9. The number of thioether (sulfide) groups is 1.